The zero-order chi connectivity index (χ0) is 31.0. The van der Waals surface area contributed by atoms with Crippen LogP contribution in [0.15, 0.2) is 18.2 Å². The summed E-state index contributed by atoms with van der Waals surface area (Å²) in [6.07, 6.45) is 10.4. The number of ether oxygens (including phenoxy) is 5. The highest BCUT2D eigenvalue weighted by atomic mass is 16.6. The SMILES string of the molecule is CCCCCCCOCCOC(CCOCCOCC(CC)CCCC)COC(=O)c1ccc(C(=O)O)cc1C(=O)O. The molecule has 0 radical (unpaired) electrons. The summed E-state index contributed by atoms with van der Waals surface area (Å²) in [5.41, 5.74) is -0.897. The monoisotopic (exact) mass is 596 g/mol. The quantitative estimate of drug-likeness (QED) is 0.0885. The topological polar surface area (TPSA) is 138 Å². The summed E-state index contributed by atoms with van der Waals surface area (Å²) < 4.78 is 28.5. The third-order valence-corrected chi connectivity index (χ3v) is 6.94. The number of carbonyl (C=O) groups is 3. The second-order valence-electron chi connectivity index (χ2n) is 10.4. The number of carboxylic acids is 2. The van der Waals surface area contributed by atoms with Crippen LogP contribution in [0.2, 0.25) is 0 Å². The van der Waals surface area contributed by atoms with E-state index in [9.17, 15) is 19.5 Å². The van der Waals surface area contributed by atoms with Gasteiger partial charge in [0.15, 0.2) is 0 Å². The van der Waals surface area contributed by atoms with Crippen LogP contribution in [0.1, 0.15) is 116 Å². The first-order valence-electron chi connectivity index (χ1n) is 15.5. The summed E-state index contributed by atoms with van der Waals surface area (Å²) in [4.78, 5) is 35.5. The largest absolute Gasteiger partial charge is 0.478 e. The Morgan fingerprint density at radius 1 is 0.690 bits per heavy atom. The Hall–Kier alpha value is -2.53. The fourth-order valence-corrected chi connectivity index (χ4v) is 4.26. The van der Waals surface area contributed by atoms with Crippen molar-refractivity contribution in [2.45, 2.75) is 91.1 Å². The van der Waals surface area contributed by atoms with Gasteiger partial charge in [0.2, 0.25) is 0 Å². The fraction of sp³-hybridized carbons (Fsp3) is 0.719. The van der Waals surface area contributed by atoms with E-state index in [0.29, 0.717) is 52.0 Å². The van der Waals surface area contributed by atoms with Crippen molar-refractivity contribution in [3.05, 3.63) is 34.9 Å². The van der Waals surface area contributed by atoms with Gasteiger partial charge in [-0.1, -0.05) is 65.7 Å². The average molecular weight is 597 g/mol. The molecule has 0 aromatic heterocycles. The zero-order valence-electron chi connectivity index (χ0n) is 25.8. The molecular weight excluding hydrogens is 544 g/mol. The Labute approximate surface area is 251 Å². The summed E-state index contributed by atoms with van der Waals surface area (Å²) in [6.45, 7) is 9.84. The number of aromatic carboxylic acids is 2. The highest BCUT2D eigenvalue weighted by Crippen LogP contribution is 2.16. The minimum Gasteiger partial charge on any atom is -0.478 e. The molecule has 1 rings (SSSR count). The molecule has 42 heavy (non-hydrogen) atoms. The van der Waals surface area contributed by atoms with Gasteiger partial charge in [0.25, 0.3) is 0 Å². The van der Waals surface area contributed by atoms with E-state index < -0.39 is 29.6 Å². The van der Waals surface area contributed by atoms with Crippen LogP contribution in [-0.4, -0.2) is 87.1 Å². The second kappa shape index (κ2) is 24.0. The van der Waals surface area contributed by atoms with Crippen molar-refractivity contribution in [1.82, 2.24) is 0 Å². The summed E-state index contributed by atoms with van der Waals surface area (Å²) in [6, 6.07) is 3.26. The lowest BCUT2D eigenvalue weighted by atomic mass is 10.0. The first-order valence-corrected chi connectivity index (χ1v) is 15.5. The number of unbranched alkanes of at least 4 members (excludes halogenated alkanes) is 5. The van der Waals surface area contributed by atoms with Crippen LogP contribution >= 0.6 is 0 Å². The molecule has 0 aliphatic carbocycles. The van der Waals surface area contributed by atoms with Crippen LogP contribution in [0.5, 0.6) is 0 Å². The smallest absolute Gasteiger partial charge is 0.339 e. The predicted octanol–water partition coefficient (Wildman–Crippen LogP) is 6.25. The van der Waals surface area contributed by atoms with Crippen molar-refractivity contribution in [3.63, 3.8) is 0 Å². The van der Waals surface area contributed by atoms with Crippen molar-refractivity contribution < 1.29 is 48.3 Å². The number of carboxylic acid groups (broad SMARTS) is 2. The fourth-order valence-electron chi connectivity index (χ4n) is 4.26. The van der Waals surface area contributed by atoms with E-state index in [-0.39, 0.29) is 17.7 Å². The molecule has 0 heterocycles. The third kappa shape index (κ3) is 16.8. The molecule has 10 heteroatoms. The van der Waals surface area contributed by atoms with Crippen molar-refractivity contribution in [2.24, 2.45) is 5.92 Å². The van der Waals surface area contributed by atoms with E-state index in [4.69, 9.17) is 28.8 Å². The Bertz CT molecular complexity index is 888. The number of benzene rings is 1. The standard InChI is InChI=1S/C32H52O10/c1-4-7-9-10-11-16-38-20-21-41-27(15-17-39-18-19-40-23-25(6-3)12-8-5-2)24-42-32(37)28-14-13-26(30(33)34)22-29(28)31(35)36/h13-14,22,25,27H,4-12,15-21,23-24H2,1-3H3,(H,33,34)(H,35,36). The van der Waals surface area contributed by atoms with Gasteiger partial charge < -0.3 is 33.9 Å². The number of hydrogen-bond donors (Lipinski definition) is 2. The van der Waals surface area contributed by atoms with E-state index in [1.54, 1.807) is 0 Å². The average Bonchev–Trinajstić information content (AvgIpc) is 2.98. The van der Waals surface area contributed by atoms with Gasteiger partial charge in [-0.05, 0) is 37.0 Å². The lowest BCUT2D eigenvalue weighted by Crippen LogP contribution is -2.26. The highest BCUT2D eigenvalue weighted by molar-refractivity contribution is 6.04. The molecule has 0 aliphatic rings. The maximum absolute atomic E-state index is 12.7. The first-order chi connectivity index (χ1) is 20.3. The molecule has 0 amide bonds. The molecule has 0 aliphatic heterocycles. The number of esters is 1. The minimum atomic E-state index is -1.42. The lowest BCUT2D eigenvalue weighted by molar-refractivity contribution is -0.0454. The Balaban J connectivity index is 2.56. The molecule has 1 aromatic rings. The molecular formula is C32H52O10. The first kappa shape index (κ1) is 37.5. The molecule has 0 fully saturated rings. The Morgan fingerprint density at radius 2 is 1.38 bits per heavy atom. The van der Waals surface area contributed by atoms with E-state index in [1.165, 1.54) is 44.6 Å². The van der Waals surface area contributed by atoms with Gasteiger partial charge in [-0.15, -0.1) is 0 Å². The summed E-state index contributed by atoms with van der Waals surface area (Å²) in [7, 11) is 0. The Kier molecular flexibility index (Phi) is 21.4. The van der Waals surface area contributed by atoms with Gasteiger partial charge in [0, 0.05) is 26.2 Å². The zero-order valence-corrected chi connectivity index (χ0v) is 25.8. The third-order valence-electron chi connectivity index (χ3n) is 6.94. The van der Waals surface area contributed by atoms with Crippen molar-refractivity contribution in [3.8, 4) is 0 Å². The summed E-state index contributed by atoms with van der Waals surface area (Å²) in [5, 5.41) is 18.6. The van der Waals surface area contributed by atoms with Crippen LogP contribution in [-0.2, 0) is 23.7 Å². The molecule has 0 saturated carbocycles. The molecule has 2 atom stereocenters. The minimum absolute atomic E-state index is 0.120. The summed E-state index contributed by atoms with van der Waals surface area (Å²) in [5.74, 6) is -3.01. The molecule has 0 bridgehead atoms. The molecule has 2 unspecified atom stereocenters. The Morgan fingerprint density at radius 3 is 2.07 bits per heavy atom. The van der Waals surface area contributed by atoms with Gasteiger partial charge in [-0.3, -0.25) is 0 Å². The van der Waals surface area contributed by atoms with Crippen LogP contribution in [0, 0.1) is 5.92 Å². The highest BCUT2D eigenvalue weighted by Gasteiger charge is 2.22. The van der Waals surface area contributed by atoms with Crippen molar-refractivity contribution >= 4 is 17.9 Å². The van der Waals surface area contributed by atoms with Gasteiger partial charge in [0.1, 0.15) is 6.61 Å². The number of carbonyl (C=O) groups excluding carboxylic acids is 1. The van der Waals surface area contributed by atoms with Crippen LogP contribution < -0.4 is 0 Å². The second-order valence-corrected chi connectivity index (χ2v) is 10.4. The molecule has 0 spiro atoms. The van der Waals surface area contributed by atoms with E-state index >= 15 is 0 Å². The number of hydrogen-bond acceptors (Lipinski definition) is 8. The van der Waals surface area contributed by atoms with Gasteiger partial charge in [-0.2, -0.15) is 0 Å². The predicted molar refractivity (Wildman–Crippen MR) is 160 cm³/mol. The summed E-state index contributed by atoms with van der Waals surface area (Å²) >= 11 is 0. The molecule has 10 nitrogen and oxygen atoms in total. The van der Waals surface area contributed by atoms with Gasteiger partial charge in [0.05, 0.1) is 49.2 Å². The van der Waals surface area contributed by atoms with Crippen LogP contribution in [0.25, 0.3) is 0 Å². The van der Waals surface area contributed by atoms with Crippen molar-refractivity contribution in [1.29, 1.82) is 0 Å². The maximum Gasteiger partial charge on any atom is 0.339 e. The number of rotatable bonds is 27. The molecule has 1 aromatic carbocycles. The van der Waals surface area contributed by atoms with E-state index in [2.05, 4.69) is 20.8 Å². The van der Waals surface area contributed by atoms with E-state index in [1.807, 2.05) is 0 Å². The van der Waals surface area contributed by atoms with Gasteiger partial charge >= 0.3 is 17.9 Å². The molecule has 240 valence electrons. The van der Waals surface area contributed by atoms with Crippen LogP contribution in [0.3, 0.4) is 0 Å². The van der Waals surface area contributed by atoms with Crippen molar-refractivity contribution in [2.75, 3.05) is 52.9 Å². The van der Waals surface area contributed by atoms with Gasteiger partial charge in [-0.25, -0.2) is 14.4 Å². The molecule has 2 N–H and O–H groups in total. The van der Waals surface area contributed by atoms with E-state index in [0.717, 1.165) is 38.0 Å². The normalized spacial score (nSPS) is 12.6. The lowest BCUT2D eigenvalue weighted by Gasteiger charge is -2.19. The maximum atomic E-state index is 12.7. The molecule has 0 saturated heterocycles. The van der Waals surface area contributed by atoms with Crippen LogP contribution in [0.4, 0.5) is 0 Å².